The van der Waals surface area contributed by atoms with Crippen LogP contribution in [0.5, 0.6) is 0 Å². The van der Waals surface area contributed by atoms with Gasteiger partial charge in [0, 0.05) is 12.2 Å². The summed E-state index contributed by atoms with van der Waals surface area (Å²) in [5.74, 6) is 0. The van der Waals surface area contributed by atoms with Crippen LogP contribution in [0.1, 0.15) is 8.97 Å². The number of rotatable bonds is 2. The maximum atomic E-state index is 13.2. The van der Waals surface area contributed by atoms with Crippen LogP contribution in [0.25, 0.3) is 0 Å². The summed E-state index contributed by atoms with van der Waals surface area (Å²) < 4.78 is 58.9. The van der Waals surface area contributed by atoms with Crippen molar-refractivity contribution in [3.05, 3.63) is 33.1 Å². The zero-order valence-corrected chi connectivity index (χ0v) is 10.1. The Morgan fingerprint density at radius 1 is 1.52 bits per heavy atom. The molecule has 0 radical (unpaired) electrons. The molecule has 4 N–H and O–H groups in total. The Kier molecular flexibility index (Phi) is 3.06. The van der Waals surface area contributed by atoms with Crippen molar-refractivity contribution in [3.63, 3.8) is 0 Å². The van der Waals surface area contributed by atoms with Crippen LogP contribution in [0.2, 0.25) is 0 Å². The van der Waals surface area contributed by atoms with Crippen LogP contribution in [-0.4, -0.2) is 55.5 Å². The zero-order chi connectivity index (χ0) is 17.7. The molecule has 11 heteroatoms. The highest BCUT2D eigenvalue weighted by Crippen LogP contribution is 2.47. The first-order valence-corrected chi connectivity index (χ1v) is 5.52. The van der Waals surface area contributed by atoms with Gasteiger partial charge in [-0.1, -0.05) is 0 Å². The standard InChI is InChI=1S/C10H11F3N2O6/c11-10(12,13)9(20)6(18)4(3-16)21-7(9)15-2-1-5(17)14-8(15)19/h1-2,4,6-7,16,18,20H,3H2,(H,14,17,19)/t4-,6?,7-,9-/m1/s1/i1D,2D. The van der Waals surface area contributed by atoms with Gasteiger partial charge in [0.25, 0.3) is 5.56 Å². The van der Waals surface area contributed by atoms with Gasteiger partial charge in [-0.2, -0.15) is 13.2 Å². The summed E-state index contributed by atoms with van der Waals surface area (Å²) in [4.78, 5) is 24.4. The number of hydrogen-bond donors (Lipinski definition) is 4. The molecule has 1 unspecified atom stereocenters. The monoisotopic (exact) mass is 314 g/mol. The molecule has 0 aromatic carbocycles. The average molecular weight is 314 g/mol. The molecule has 4 atom stereocenters. The molecule has 0 aliphatic carbocycles. The van der Waals surface area contributed by atoms with Crippen LogP contribution >= 0.6 is 0 Å². The fourth-order valence-corrected chi connectivity index (χ4v) is 2.00. The van der Waals surface area contributed by atoms with E-state index in [4.69, 9.17) is 7.85 Å². The lowest BCUT2D eigenvalue weighted by Crippen LogP contribution is -2.58. The number of H-pyrrole nitrogens is 1. The van der Waals surface area contributed by atoms with E-state index in [9.17, 15) is 33.0 Å². The second-order valence-electron chi connectivity index (χ2n) is 4.34. The summed E-state index contributed by atoms with van der Waals surface area (Å²) in [6.07, 6.45) is -14.0. The van der Waals surface area contributed by atoms with Gasteiger partial charge in [0.05, 0.1) is 9.35 Å². The van der Waals surface area contributed by atoms with Crippen molar-refractivity contribution in [2.24, 2.45) is 0 Å². The van der Waals surface area contributed by atoms with E-state index in [-0.39, 0.29) is 4.57 Å². The molecule has 1 aliphatic rings. The summed E-state index contributed by atoms with van der Waals surface area (Å²) in [5.41, 5.74) is -6.90. The largest absolute Gasteiger partial charge is 0.424 e. The SMILES string of the molecule is [2H]c1c([2H])n([C@@H]2O[C@H](CO)C(O)[C@]2(O)C(F)(F)F)c(=O)[nH]c1=O. The summed E-state index contributed by atoms with van der Waals surface area (Å²) in [7, 11) is 0. The van der Waals surface area contributed by atoms with Crippen molar-refractivity contribution in [3.8, 4) is 0 Å². The van der Waals surface area contributed by atoms with Crippen LogP contribution < -0.4 is 11.2 Å². The minimum atomic E-state index is -5.51. The first-order chi connectivity index (χ1) is 10.5. The number of hydrogen-bond acceptors (Lipinski definition) is 6. The van der Waals surface area contributed by atoms with Gasteiger partial charge < -0.3 is 20.1 Å². The van der Waals surface area contributed by atoms with Gasteiger partial charge in [0.1, 0.15) is 12.2 Å². The summed E-state index contributed by atoms with van der Waals surface area (Å²) >= 11 is 0. The summed E-state index contributed by atoms with van der Waals surface area (Å²) in [5, 5.41) is 28.5. The number of ether oxygens (including phenoxy) is 1. The molecule has 0 saturated carbocycles. The van der Waals surface area contributed by atoms with Crippen LogP contribution in [-0.2, 0) is 4.74 Å². The van der Waals surface area contributed by atoms with Crippen molar-refractivity contribution in [2.45, 2.75) is 30.2 Å². The Morgan fingerprint density at radius 3 is 2.67 bits per heavy atom. The molecular weight excluding hydrogens is 301 g/mol. The van der Waals surface area contributed by atoms with Crippen molar-refractivity contribution in [1.82, 2.24) is 9.55 Å². The molecule has 1 aliphatic heterocycles. The second-order valence-corrected chi connectivity index (χ2v) is 4.34. The molecule has 1 fully saturated rings. The summed E-state index contributed by atoms with van der Waals surface area (Å²) in [6.45, 7) is -1.12. The number of aromatic nitrogens is 2. The Morgan fingerprint density at radius 2 is 2.14 bits per heavy atom. The van der Waals surface area contributed by atoms with E-state index >= 15 is 0 Å². The van der Waals surface area contributed by atoms with Crippen molar-refractivity contribution in [2.75, 3.05) is 6.61 Å². The first-order valence-electron chi connectivity index (χ1n) is 6.52. The Labute approximate surface area is 116 Å². The quantitative estimate of drug-likeness (QED) is 0.504. The van der Waals surface area contributed by atoms with E-state index < -0.39 is 60.3 Å². The molecule has 2 heterocycles. The highest BCUT2D eigenvalue weighted by molar-refractivity contribution is 5.07. The lowest BCUT2D eigenvalue weighted by Gasteiger charge is -2.33. The van der Waals surface area contributed by atoms with E-state index in [0.29, 0.717) is 0 Å². The number of nitrogens with zero attached hydrogens (tertiary/aromatic N) is 1. The van der Waals surface area contributed by atoms with Gasteiger partial charge in [-0.05, 0) is 0 Å². The molecule has 2 rings (SSSR count). The van der Waals surface area contributed by atoms with E-state index in [1.54, 1.807) is 0 Å². The van der Waals surface area contributed by atoms with E-state index in [1.165, 1.54) is 4.98 Å². The molecule has 0 bridgehead atoms. The third-order valence-corrected chi connectivity index (χ3v) is 3.08. The van der Waals surface area contributed by atoms with Gasteiger partial charge in [-0.15, -0.1) is 0 Å². The van der Waals surface area contributed by atoms with Crippen LogP contribution in [0.3, 0.4) is 0 Å². The molecular formula is C10H11F3N2O6. The first kappa shape index (κ1) is 13.0. The Hall–Kier alpha value is -1.69. The number of alkyl halides is 3. The Balaban J connectivity index is 2.74. The fourth-order valence-electron chi connectivity index (χ4n) is 2.00. The zero-order valence-electron chi connectivity index (χ0n) is 12.1. The molecule has 1 aromatic heterocycles. The lowest BCUT2D eigenvalue weighted by atomic mass is 9.93. The van der Waals surface area contributed by atoms with Crippen molar-refractivity contribution >= 4 is 0 Å². The topological polar surface area (TPSA) is 125 Å². The van der Waals surface area contributed by atoms with E-state index in [0.717, 1.165) is 0 Å². The van der Waals surface area contributed by atoms with Crippen molar-refractivity contribution < 1.29 is 36.0 Å². The average Bonchev–Trinajstić information content (AvgIpc) is 2.70. The number of halogens is 3. The van der Waals surface area contributed by atoms with Crippen LogP contribution in [0.4, 0.5) is 13.2 Å². The summed E-state index contributed by atoms with van der Waals surface area (Å²) in [6, 6.07) is -1.14. The minimum Gasteiger partial charge on any atom is -0.394 e. The van der Waals surface area contributed by atoms with E-state index in [1.807, 2.05) is 0 Å². The van der Waals surface area contributed by atoms with Gasteiger partial charge >= 0.3 is 11.9 Å². The molecule has 1 aromatic rings. The van der Waals surface area contributed by atoms with Gasteiger partial charge in [-0.3, -0.25) is 14.3 Å². The number of aromatic amines is 1. The predicted octanol–water partition coefficient (Wildman–Crippen LogP) is -1.92. The molecule has 8 nitrogen and oxygen atoms in total. The predicted molar refractivity (Wildman–Crippen MR) is 59.3 cm³/mol. The third-order valence-electron chi connectivity index (χ3n) is 3.08. The highest BCUT2D eigenvalue weighted by atomic mass is 19.4. The molecule has 0 spiro atoms. The van der Waals surface area contributed by atoms with Gasteiger partial charge in [0.2, 0.25) is 5.60 Å². The van der Waals surface area contributed by atoms with E-state index in [2.05, 4.69) is 4.74 Å². The number of aliphatic hydroxyl groups excluding tert-OH is 2. The molecule has 118 valence electrons. The van der Waals surface area contributed by atoms with Gasteiger partial charge in [-0.25, -0.2) is 4.79 Å². The third kappa shape index (κ3) is 2.27. The maximum absolute atomic E-state index is 13.2. The lowest BCUT2D eigenvalue weighted by molar-refractivity contribution is -0.304. The van der Waals surface area contributed by atoms with Crippen LogP contribution in [0.15, 0.2) is 21.8 Å². The smallest absolute Gasteiger partial charge is 0.394 e. The van der Waals surface area contributed by atoms with Crippen LogP contribution in [0, 0.1) is 0 Å². The molecule has 21 heavy (non-hydrogen) atoms. The normalized spacial score (nSPS) is 34.7. The minimum absolute atomic E-state index is 0.115. The van der Waals surface area contributed by atoms with Gasteiger partial charge in [0.15, 0.2) is 6.23 Å². The molecule has 0 amide bonds. The number of aliphatic hydroxyl groups is 3. The fraction of sp³-hybridized carbons (Fsp3) is 0.600. The number of nitrogens with one attached hydrogen (secondary N) is 1. The Bertz CT molecular complexity index is 735. The highest BCUT2D eigenvalue weighted by Gasteiger charge is 2.70. The van der Waals surface area contributed by atoms with Crippen molar-refractivity contribution in [1.29, 1.82) is 0 Å². The molecule has 1 saturated heterocycles. The second kappa shape index (κ2) is 4.94. The maximum Gasteiger partial charge on any atom is 0.424 e.